The topological polar surface area (TPSA) is 49.6 Å². The lowest BCUT2D eigenvalue weighted by molar-refractivity contribution is 0.0628. The third-order valence-corrected chi connectivity index (χ3v) is 4.57. The van der Waals surface area contributed by atoms with Gasteiger partial charge in [-0.2, -0.15) is 0 Å². The van der Waals surface area contributed by atoms with Crippen LogP contribution in [0.5, 0.6) is 0 Å². The number of carbonyl (C=O) groups is 1. The Kier molecular flexibility index (Phi) is 6.81. The molecule has 4 rings (SSSR count). The molecule has 8 heteroatoms. The van der Waals surface area contributed by atoms with Crippen molar-refractivity contribution in [2.24, 2.45) is 0 Å². The molecule has 3 heterocycles. The minimum absolute atomic E-state index is 0. The second kappa shape index (κ2) is 8.69. The van der Waals surface area contributed by atoms with Crippen molar-refractivity contribution in [3.05, 3.63) is 71.4 Å². The van der Waals surface area contributed by atoms with Crippen LogP contribution >= 0.6 is 24.8 Å². The van der Waals surface area contributed by atoms with Gasteiger partial charge in [-0.3, -0.25) is 4.79 Å². The van der Waals surface area contributed by atoms with Gasteiger partial charge in [-0.25, -0.2) is 9.37 Å². The summed E-state index contributed by atoms with van der Waals surface area (Å²) in [4.78, 5) is 19.3. The van der Waals surface area contributed by atoms with E-state index >= 15 is 0 Å². The zero-order valence-corrected chi connectivity index (χ0v) is 16.4. The van der Waals surface area contributed by atoms with Gasteiger partial charge in [-0.1, -0.05) is 12.1 Å². The maximum absolute atomic E-state index is 13.6. The minimum atomic E-state index is -0.293. The highest BCUT2D eigenvalue weighted by Gasteiger charge is 2.30. The Labute approximate surface area is 169 Å². The predicted octanol–water partition coefficient (Wildman–Crippen LogP) is 3.41. The number of nitrogens with zero attached hydrogens (tertiary/aromatic N) is 3. The third kappa shape index (κ3) is 4.24. The number of rotatable bonds is 2. The number of piperazine rings is 1. The van der Waals surface area contributed by atoms with Crippen molar-refractivity contribution in [2.45, 2.75) is 13.0 Å². The van der Waals surface area contributed by atoms with E-state index in [1.165, 1.54) is 12.1 Å². The molecule has 1 aromatic carbocycles. The highest BCUT2D eigenvalue weighted by atomic mass is 35.5. The summed E-state index contributed by atoms with van der Waals surface area (Å²) < 4.78 is 15.5. The van der Waals surface area contributed by atoms with Crippen LogP contribution in [0.15, 0.2) is 48.8 Å². The van der Waals surface area contributed by atoms with E-state index in [-0.39, 0.29) is 42.6 Å². The van der Waals surface area contributed by atoms with E-state index in [4.69, 9.17) is 0 Å². The molecule has 1 atom stereocenters. The van der Waals surface area contributed by atoms with E-state index in [9.17, 15) is 9.18 Å². The van der Waals surface area contributed by atoms with Crippen molar-refractivity contribution < 1.29 is 9.18 Å². The first-order valence-corrected chi connectivity index (χ1v) is 8.34. The lowest BCUT2D eigenvalue weighted by Gasteiger charge is -2.36. The number of nitrogens with one attached hydrogen (secondary N) is 1. The number of aromatic nitrogens is 2. The van der Waals surface area contributed by atoms with Crippen molar-refractivity contribution in [1.82, 2.24) is 19.6 Å². The van der Waals surface area contributed by atoms with Crippen LogP contribution in [0.2, 0.25) is 0 Å². The highest BCUT2D eigenvalue weighted by Crippen LogP contribution is 2.25. The van der Waals surface area contributed by atoms with Crippen molar-refractivity contribution in [3.8, 4) is 0 Å². The normalized spacial score (nSPS) is 16.5. The average Bonchev–Trinajstić information content (AvgIpc) is 3.04. The molecule has 0 aliphatic carbocycles. The Morgan fingerprint density at radius 3 is 2.85 bits per heavy atom. The Morgan fingerprint density at radius 2 is 2.07 bits per heavy atom. The molecular weight excluding hydrogens is 390 g/mol. The van der Waals surface area contributed by atoms with Crippen LogP contribution in [0.25, 0.3) is 5.65 Å². The van der Waals surface area contributed by atoms with Crippen LogP contribution in [-0.4, -0.2) is 39.8 Å². The smallest absolute Gasteiger partial charge is 0.274 e. The largest absolute Gasteiger partial charge is 0.328 e. The van der Waals surface area contributed by atoms with E-state index in [0.29, 0.717) is 25.3 Å². The van der Waals surface area contributed by atoms with Crippen LogP contribution in [0.3, 0.4) is 0 Å². The molecule has 1 amide bonds. The van der Waals surface area contributed by atoms with Crippen molar-refractivity contribution in [3.63, 3.8) is 0 Å². The fourth-order valence-corrected chi connectivity index (χ4v) is 3.29. The zero-order valence-electron chi connectivity index (χ0n) is 14.8. The number of hydrogen-bond donors (Lipinski definition) is 1. The van der Waals surface area contributed by atoms with Gasteiger partial charge in [0.25, 0.3) is 5.91 Å². The Bertz CT molecular complexity index is 946. The number of benzene rings is 1. The minimum Gasteiger partial charge on any atom is -0.328 e. The van der Waals surface area contributed by atoms with E-state index in [1.807, 2.05) is 35.7 Å². The van der Waals surface area contributed by atoms with Gasteiger partial charge in [0.2, 0.25) is 0 Å². The van der Waals surface area contributed by atoms with Crippen molar-refractivity contribution >= 4 is 36.4 Å². The number of halogens is 3. The molecule has 1 N–H and O–H groups in total. The van der Waals surface area contributed by atoms with Crippen LogP contribution in [0.1, 0.15) is 27.7 Å². The molecule has 1 aliphatic heterocycles. The van der Waals surface area contributed by atoms with Gasteiger partial charge in [0, 0.05) is 32.0 Å². The third-order valence-electron chi connectivity index (χ3n) is 4.57. The molecular formula is C19H21Cl2FN4O. The summed E-state index contributed by atoms with van der Waals surface area (Å²) in [5, 5.41) is 3.28. The summed E-state index contributed by atoms with van der Waals surface area (Å²) in [5.41, 5.74) is 3.05. The highest BCUT2D eigenvalue weighted by molar-refractivity contribution is 5.93. The van der Waals surface area contributed by atoms with Gasteiger partial charge in [-0.05, 0) is 42.3 Å². The number of aryl methyl sites for hydroxylation is 1. The first-order valence-electron chi connectivity index (χ1n) is 8.34. The van der Waals surface area contributed by atoms with Crippen LogP contribution in [0, 0.1) is 12.7 Å². The average molecular weight is 411 g/mol. The van der Waals surface area contributed by atoms with Gasteiger partial charge in [0.05, 0.1) is 6.04 Å². The van der Waals surface area contributed by atoms with E-state index in [1.54, 1.807) is 17.2 Å². The maximum atomic E-state index is 13.6. The maximum Gasteiger partial charge on any atom is 0.274 e. The first kappa shape index (κ1) is 21.2. The molecule has 0 spiro atoms. The molecule has 0 radical (unpaired) electrons. The van der Waals surface area contributed by atoms with Gasteiger partial charge in [0.15, 0.2) is 0 Å². The van der Waals surface area contributed by atoms with Gasteiger partial charge < -0.3 is 14.6 Å². The molecule has 1 aliphatic rings. The number of carbonyl (C=O) groups excluding carboxylic acids is 1. The second-order valence-electron chi connectivity index (χ2n) is 6.37. The summed E-state index contributed by atoms with van der Waals surface area (Å²) in [6, 6.07) is 10.1. The Hall–Kier alpha value is -2.15. The van der Waals surface area contributed by atoms with Crippen molar-refractivity contribution in [2.75, 3.05) is 19.6 Å². The van der Waals surface area contributed by atoms with E-state index < -0.39 is 0 Å². The van der Waals surface area contributed by atoms with E-state index in [2.05, 4.69) is 10.3 Å². The van der Waals surface area contributed by atoms with Crippen LogP contribution in [0.4, 0.5) is 4.39 Å². The SMILES string of the molecule is Cc1ccn2cc(C(=O)N3CCNCC3c3cccc(F)c3)nc2c1.Cl.Cl. The monoisotopic (exact) mass is 410 g/mol. The number of fused-ring (bicyclic) bond motifs is 1. The molecule has 0 saturated carbocycles. The number of hydrogen-bond acceptors (Lipinski definition) is 3. The molecule has 1 unspecified atom stereocenters. The van der Waals surface area contributed by atoms with Gasteiger partial charge in [0.1, 0.15) is 17.2 Å². The molecule has 1 fully saturated rings. The number of pyridine rings is 1. The van der Waals surface area contributed by atoms with E-state index in [0.717, 1.165) is 16.8 Å². The second-order valence-corrected chi connectivity index (χ2v) is 6.37. The molecule has 5 nitrogen and oxygen atoms in total. The Morgan fingerprint density at radius 1 is 1.26 bits per heavy atom. The fraction of sp³-hybridized carbons (Fsp3) is 0.263. The molecule has 0 bridgehead atoms. The molecule has 2 aromatic heterocycles. The summed E-state index contributed by atoms with van der Waals surface area (Å²) in [5.74, 6) is -0.421. The quantitative estimate of drug-likeness (QED) is 0.703. The fourth-order valence-electron chi connectivity index (χ4n) is 3.29. The summed E-state index contributed by atoms with van der Waals surface area (Å²) in [6.45, 7) is 3.87. The predicted molar refractivity (Wildman–Crippen MR) is 107 cm³/mol. The molecule has 144 valence electrons. The van der Waals surface area contributed by atoms with Gasteiger partial charge in [-0.15, -0.1) is 24.8 Å². The standard InChI is InChI=1S/C19H19FN4O.2ClH/c1-13-5-7-23-12-16(22-18(23)9-13)19(25)24-8-6-21-11-17(24)14-3-2-4-15(20)10-14;;/h2-5,7,9-10,12,17,21H,6,8,11H2,1H3;2*1H. The molecule has 3 aromatic rings. The van der Waals surface area contributed by atoms with Gasteiger partial charge >= 0.3 is 0 Å². The molecule has 1 saturated heterocycles. The van der Waals surface area contributed by atoms with Crippen molar-refractivity contribution in [1.29, 1.82) is 0 Å². The lowest BCUT2D eigenvalue weighted by atomic mass is 10.0. The summed E-state index contributed by atoms with van der Waals surface area (Å²) in [7, 11) is 0. The number of imidazole rings is 1. The lowest BCUT2D eigenvalue weighted by Crippen LogP contribution is -2.48. The van der Waals surface area contributed by atoms with Crippen LogP contribution in [-0.2, 0) is 0 Å². The Balaban J connectivity index is 0.00000131. The van der Waals surface area contributed by atoms with Crippen LogP contribution < -0.4 is 5.32 Å². The number of amides is 1. The molecule has 27 heavy (non-hydrogen) atoms. The zero-order chi connectivity index (χ0) is 17.4. The summed E-state index contributed by atoms with van der Waals surface area (Å²) in [6.07, 6.45) is 3.65. The first-order chi connectivity index (χ1) is 12.1. The summed E-state index contributed by atoms with van der Waals surface area (Å²) >= 11 is 0.